The monoisotopic (exact) mass is 494 g/mol. The van der Waals surface area contributed by atoms with Crippen LogP contribution in [0.15, 0.2) is 70.9 Å². The van der Waals surface area contributed by atoms with Crippen molar-refractivity contribution in [3.8, 4) is 0 Å². The molecule has 2 aromatic carbocycles. The highest BCUT2D eigenvalue weighted by atomic mass is 32.2. The van der Waals surface area contributed by atoms with Gasteiger partial charge < -0.3 is 9.88 Å². The highest BCUT2D eigenvalue weighted by Gasteiger charge is 2.27. The molecule has 0 bridgehead atoms. The number of para-hydroxylation sites is 2. The fraction of sp³-hybridized carbons (Fsp3) is 0.280. The van der Waals surface area contributed by atoms with Gasteiger partial charge in [-0.2, -0.15) is 0 Å². The van der Waals surface area contributed by atoms with Crippen LogP contribution in [0.4, 0.5) is 0 Å². The lowest BCUT2D eigenvalue weighted by atomic mass is 9.96. The number of thiophene rings is 1. The number of H-pyrrole nitrogens is 1. The first kappa shape index (κ1) is 22.8. The maximum Gasteiger partial charge on any atom is 0.253 e. The van der Waals surface area contributed by atoms with Gasteiger partial charge in [-0.1, -0.05) is 18.2 Å². The minimum absolute atomic E-state index is 0.0876. The fourth-order valence-electron chi connectivity index (χ4n) is 4.36. The summed E-state index contributed by atoms with van der Waals surface area (Å²) in [5.41, 5.74) is 2.42. The van der Waals surface area contributed by atoms with Crippen LogP contribution in [0.3, 0.4) is 0 Å². The van der Waals surface area contributed by atoms with E-state index in [0.717, 1.165) is 34.6 Å². The van der Waals surface area contributed by atoms with Crippen molar-refractivity contribution < 1.29 is 13.2 Å². The van der Waals surface area contributed by atoms with Crippen LogP contribution in [-0.2, 0) is 16.4 Å². The smallest absolute Gasteiger partial charge is 0.253 e. The van der Waals surface area contributed by atoms with Crippen molar-refractivity contribution in [2.75, 3.05) is 19.6 Å². The van der Waals surface area contributed by atoms with E-state index in [0.29, 0.717) is 31.6 Å². The predicted molar refractivity (Wildman–Crippen MR) is 134 cm³/mol. The van der Waals surface area contributed by atoms with Crippen molar-refractivity contribution >= 4 is 38.3 Å². The van der Waals surface area contributed by atoms with Gasteiger partial charge in [0, 0.05) is 36.0 Å². The van der Waals surface area contributed by atoms with Gasteiger partial charge in [0.25, 0.3) is 5.91 Å². The molecule has 1 aliphatic rings. The Morgan fingerprint density at radius 1 is 1.12 bits per heavy atom. The van der Waals surface area contributed by atoms with Crippen molar-refractivity contribution in [2.24, 2.45) is 0 Å². The second kappa shape index (κ2) is 9.69. The largest absolute Gasteiger partial charge is 0.342 e. The molecule has 5 rings (SSSR count). The molecular formula is C25H26N4O3S2. The zero-order chi connectivity index (χ0) is 23.5. The number of carbonyl (C=O) groups is 1. The first-order chi connectivity index (χ1) is 16.5. The highest BCUT2D eigenvalue weighted by Crippen LogP contribution is 2.27. The Bertz CT molecular complexity index is 1350. The normalized spacial score (nSPS) is 16.7. The highest BCUT2D eigenvalue weighted by molar-refractivity contribution is 7.89. The SMILES string of the molecule is O=C(c1ccc(S(=O)(=O)NCCc2cccs2)cc1)N1CCCC(c2nc3ccccc3[nH]2)C1. The number of fused-ring (bicyclic) bond motifs is 1. The molecule has 0 radical (unpaired) electrons. The first-order valence-electron chi connectivity index (χ1n) is 11.4. The second-order valence-corrected chi connectivity index (χ2v) is 11.3. The third-order valence-corrected chi connectivity index (χ3v) is 8.57. The molecule has 1 amide bonds. The van der Waals surface area contributed by atoms with E-state index in [-0.39, 0.29) is 16.7 Å². The number of piperidine rings is 1. The molecule has 1 unspecified atom stereocenters. The molecule has 4 aromatic rings. The summed E-state index contributed by atoms with van der Waals surface area (Å²) in [5.74, 6) is 0.974. The zero-order valence-corrected chi connectivity index (χ0v) is 20.2. The quantitative estimate of drug-likeness (QED) is 0.403. The minimum atomic E-state index is -3.62. The zero-order valence-electron chi connectivity index (χ0n) is 18.6. The number of benzene rings is 2. The summed E-state index contributed by atoms with van der Waals surface area (Å²) in [6.07, 6.45) is 2.51. The first-order valence-corrected chi connectivity index (χ1v) is 13.7. The van der Waals surface area contributed by atoms with Crippen LogP contribution >= 0.6 is 11.3 Å². The lowest BCUT2D eigenvalue weighted by Gasteiger charge is -2.32. The Hall–Kier alpha value is -3.01. The number of aromatic amines is 1. The van der Waals surface area contributed by atoms with Crippen LogP contribution in [0.25, 0.3) is 11.0 Å². The molecule has 2 aromatic heterocycles. The number of carbonyl (C=O) groups excluding carboxylic acids is 1. The van der Waals surface area contributed by atoms with E-state index < -0.39 is 10.0 Å². The maximum atomic E-state index is 13.1. The molecule has 1 atom stereocenters. The van der Waals surface area contributed by atoms with Crippen LogP contribution < -0.4 is 4.72 Å². The molecule has 2 N–H and O–H groups in total. The summed E-state index contributed by atoms with van der Waals surface area (Å²) in [7, 11) is -3.62. The van der Waals surface area contributed by atoms with E-state index in [1.807, 2.05) is 46.7 Å². The number of nitrogens with one attached hydrogen (secondary N) is 2. The number of amides is 1. The van der Waals surface area contributed by atoms with E-state index in [2.05, 4.69) is 9.71 Å². The molecule has 0 spiro atoms. The van der Waals surface area contributed by atoms with Crippen LogP contribution in [0, 0.1) is 0 Å². The van der Waals surface area contributed by atoms with Gasteiger partial charge in [0.1, 0.15) is 5.82 Å². The van der Waals surface area contributed by atoms with Crippen molar-refractivity contribution in [1.82, 2.24) is 19.6 Å². The molecule has 176 valence electrons. The van der Waals surface area contributed by atoms with Crippen LogP contribution in [0.2, 0.25) is 0 Å². The van der Waals surface area contributed by atoms with E-state index in [1.54, 1.807) is 23.5 Å². The van der Waals surface area contributed by atoms with E-state index in [9.17, 15) is 13.2 Å². The Labute approximate surface area is 202 Å². The molecule has 0 aliphatic carbocycles. The third-order valence-electron chi connectivity index (χ3n) is 6.16. The fourth-order valence-corrected chi connectivity index (χ4v) is 6.10. The van der Waals surface area contributed by atoms with Gasteiger partial charge in [-0.05, 0) is 67.1 Å². The Morgan fingerprint density at radius 2 is 1.94 bits per heavy atom. The number of imidazole rings is 1. The summed E-state index contributed by atoms with van der Waals surface area (Å²) in [5, 5.41) is 1.97. The molecule has 7 nitrogen and oxygen atoms in total. The molecule has 3 heterocycles. The Morgan fingerprint density at radius 3 is 2.71 bits per heavy atom. The van der Waals surface area contributed by atoms with Gasteiger partial charge in [-0.15, -0.1) is 11.3 Å². The van der Waals surface area contributed by atoms with Gasteiger partial charge >= 0.3 is 0 Å². The van der Waals surface area contributed by atoms with E-state index >= 15 is 0 Å². The molecule has 9 heteroatoms. The van der Waals surface area contributed by atoms with Crippen LogP contribution in [0.5, 0.6) is 0 Å². The third kappa shape index (κ3) is 4.91. The second-order valence-electron chi connectivity index (χ2n) is 8.48. The Kier molecular flexibility index (Phi) is 6.49. The number of aromatic nitrogens is 2. The Balaban J connectivity index is 1.23. The summed E-state index contributed by atoms with van der Waals surface area (Å²) >= 11 is 1.60. The van der Waals surface area contributed by atoms with Gasteiger partial charge in [0.15, 0.2) is 0 Å². The van der Waals surface area contributed by atoms with Crippen molar-refractivity contribution in [1.29, 1.82) is 0 Å². The summed E-state index contributed by atoms with van der Waals surface area (Å²) in [4.78, 5) is 24.4. The van der Waals surface area contributed by atoms with Crippen molar-refractivity contribution in [3.63, 3.8) is 0 Å². The van der Waals surface area contributed by atoms with Gasteiger partial charge in [-0.3, -0.25) is 4.79 Å². The molecule has 1 saturated heterocycles. The maximum absolute atomic E-state index is 13.1. The topological polar surface area (TPSA) is 95.2 Å². The lowest BCUT2D eigenvalue weighted by molar-refractivity contribution is 0.0705. The summed E-state index contributed by atoms with van der Waals surface area (Å²) in [6.45, 7) is 1.60. The van der Waals surface area contributed by atoms with Crippen LogP contribution in [0.1, 0.15) is 39.8 Å². The van der Waals surface area contributed by atoms with Crippen LogP contribution in [-0.4, -0.2) is 48.8 Å². The van der Waals surface area contributed by atoms with E-state index in [1.165, 1.54) is 12.1 Å². The molecule has 1 aliphatic heterocycles. The van der Waals surface area contributed by atoms with Crippen molar-refractivity contribution in [3.05, 3.63) is 82.3 Å². The molecule has 0 saturated carbocycles. The molecule has 1 fully saturated rings. The van der Waals surface area contributed by atoms with Gasteiger partial charge in [0.05, 0.1) is 15.9 Å². The summed E-state index contributed by atoms with van der Waals surface area (Å²) < 4.78 is 27.8. The minimum Gasteiger partial charge on any atom is -0.342 e. The van der Waals surface area contributed by atoms with Gasteiger partial charge in [-0.25, -0.2) is 18.1 Å². The number of hydrogen-bond acceptors (Lipinski definition) is 5. The molecular weight excluding hydrogens is 468 g/mol. The average Bonchev–Trinajstić information content (AvgIpc) is 3.54. The number of hydrogen-bond donors (Lipinski definition) is 2. The number of nitrogens with zero attached hydrogens (tertiary/aromatic N) is 2. The van der Waals surface area contributed by atoms with Gasteiger partial charge in [0.2, 0.25) is 10.0 Å². The number of likely N-dealkylation sites (tertiary alicyclic amines) is 1. The predicted octanol–water partition coefficient (Wildman–Crippen LogP) is 4.17. The standard InChI is InChI=1S/C25H26N4O3S2/c30-25(29-15-3-5-19(17-29)24-27-22-7-1-2-8-23(22)28-24)18-9-11-21(12-10-18)34(31,32)26-14-13-20-6-4-16-33-20/h1-2,4,6-12,16,19,26H,3,5,13-15,17H2,(H,27,28). The molecule has 34 heavy (non-hydrogen) atoms. The average molecular weight is 495 g/mol. The number of rotatable bonds is 7. The lowest BCUT2D eigenvalue weighted by Crippen LogP contribution is -2.39. The summed E-state index contributed by atoms with van der Waals surface area (Å²) in [6, 6.07) is 18.1. The number of sulfonamides is 1. The van der Waals surface area contributed by atoms with E-state index in [4.69, 9.17) is 4.98 Å². The van der Waals surface area contributed by atoms with Crippen molar-refractivity contribution in [2.45, 2.75) is 30.1 Å².